The van der Waals surface area contributed by atoms with Gasteiger partial charge in [-0.1, -0.05) is 29.8 Å². The Morgan fingerprint density at radius 1 is 1.53 bits per heavy atom. The van der Waals surface area contributed by atoms with Crippen LogP contribution >= 0.6 is 11.6 Å². The van der Waals surface area contributed by atoms with Crippen LogP contribution in [0.3, 0.4) is 0 Å². The minimum atomic E-state index is 0.0708. The maximum Gasteiger partial charge on any atom is 0.234 e. The second-order valence-corrected chi connectivity index (χ2v) is 5.07. The third-order valence-electron chi connectivity index (χ3n) is 3.34. The number of rotatable bonds is 4. The zero-order valence-electron chi connectivity index (χ0n) is 11.2. The third kappa shape index (κ3) is 3.69. The molecule has 0 aliphatic carbocycles. The molecule has 1 aromatic rings. The van der Waals surface area contributed by atoms with E-state index < -0.39 is 0 Å². The number of hydrogen-bond acceptors (Lipinski definition) is 3. The van der Waals surface area contributed by atoms with Gasteiger partial charge in [-0.05, 0) is 18.6 Å². The van der Waals surface area contributed by atoms with Gasteiger partial charge in [-0.3, -0.25) is 9.69 Å². The van der Waals surface area contributed by atoms with Gasteiger partial charge in [0, 0.05) is 37.2 Å². The lowest BCUT2D eigenvalue weighted by Crippen LogP contribution is -2.49. The molecule has 19 heavy (non-hydrogen) atoms. The summed E-state index contributed by atoms with van der Waals surface area (Å²) in [5.41, 5.74) is 1.08. The largest absolute Gasteiger partial charge is 0.355 e. The number of hydrogen-bond donors (Lipinski definition) is 2. The van der Waals surface area contributed by atoms with Crippen molar-refractivity contribution in [2.75, 3.05) is 32.7 Å². The van der Waals surface area contributed by atoms with E-state index in [1.807, 2.05) is 31.2 Å². The molecule has 0 spiro atoms. The van der Waals surface area contributed by atoms with E-state index in [0.29, 0.717) is 13.1 Å². The molecule has 1 unspecified atom stereocenters. The zero-order chi connectivity index (χ0) is 13.7. The molecule has 1 atom stereocenters. The van der Waals surface area contributed by atoms with Gasteiger partial charge in [-0.25, -0.2) is 0 Å². The standard InChI is InChI=1S/C14H20ClN3O/c1-2-17-14(19)10-18-8-7-16-9-13(18)11-5-3-4-6-12(11)15/h3-6,13,16H,2,7-10H2,1H3,(H,17,19). The van der Waals surface area contributed by atoms with Crippen molar-refractivity contribution in [2.24, 2.45) is 0 Å². The van der Waals surface area contributed by atoms with Crippen LogP contribution in [0.15, 0.2) is 24.3 Å². The molecule has 1 aliphatic heterocycles. The Kier molecular flexibility index (Phi) is 5.19. The summed E-state index contributed by atoms with van der Waals surface area (Å²) in [6, 6.07) is 8.00. The van der Waals surface area contributed by atoms with Crippen molar-refractivity contribution in [2.45, 2.75) is 13.0 Å². The van der Waals surface area contributed by atoms with Crippen LogP contribution in [0.5, 0.6) is 0 Å². The van der Waals surface area contributed by atoms with Gasteiger partial charge < -0.3 is 10.6 Å². The Morgan fingerprint density at radius 3 is 3.05 bits per heavy atom. The highest BCUT2D eigenvalue weighted by Gasteiger charge is 2.26. The Balaban J connectivity index is 2.12. The van der Waals surface area contributed by atoms with Crippen LogP contribution in [0.1, 0.15) is 18.5 Å². The maximum atomic E-state index is 11.8. The fourth-order valence-corrected chi connectivity index (χ4v) is 2.69. The van der Waals surface area contributed by atoms with E-state index in [0.717, 1.165) is 30.2 Å². The quantitative estimate of drug-likeness (QED) is 0.877. The van der Waals surface area contributed by atoms with Crippen molar-refractivity contribution < 1.29 is 4.79 Å². The molecule has 1 amide bonds. The molecule has 1 fully saturated rings. The Labute approximate surface area is 119 Å². The summed E-state index contributed by atoms with van der Waals surface area (Å²) in [6.45, 7) is 5.60. The molecule has 4 nitrogen and oxygen atoms in total. The maximum absolute atomic E-state index is 11.8. The topological polar surface area (TPSA) is 44.4 Å². The highest BCUT2D eigenvalue weighted by Crippen LogP contribution is 2.28. The van der Waals surface area contributed by atoms with Crippen LogP contribution in [0.25, 0.3) is 0 Å². The summed E-state index contributed by atoms with van der Waals surface area (Å²) >= 11 is 6.27. The van der Waals surface area contributed by atoms with Gasteiger partial charge >= 0.3 is 0 Å². The van der Waals surface area contributed by atoms with E-state index in [1.165, 1.54) is 0 Å². The fraction of sp³-hybridized carbons (Fsp3) is 0.500. The second kappa shape index (κ2) is 6.89. The van der Waals surface area contributed by atoms with E-state index >= 15 is 0 Å². The second-order valence-electron chi connectivity index (χ2n) is 4.67. The minimum Gasteiger partial charge on any atom is -0.355 e. The first-order valence-electron chi connectivity index (χ1n) is 6.68. The number of amides is 1. The van der Waals surface area contributed by atoms with Crippen LogP contribution < -0.4 is 10.6 Å². The highest BCUT2D eigenvalue weighted by molar-refractivity contribution is 6.31. The van der Waals surface area contributed by atoms with Crippen LogP contribution in [0.4, 0.5) is 0 Å². The van der Waals surface area contributed by atoms with Crippen LogP contribution in [0, 0.1) is 0 Å². The number of carbonyl (C=O) groups is 1. The van der Waals surface area contributed by atoms with Gasteiger partial charge in [0.25, 0.3) is 0 Å². The predicted molar refractivity (Wildman–Crippen MR) is 77.3 cm³/mol. The number of halogens is 1. The van der Waals surface area contributed by atoms with Crippen molar-refractivity contribution in [1.82, 2.24) is 15.5 Å². The highest BCUT2D eigenvalue weighted by atomic mass is 35.5. The number of nitrogens with one attached hydrogen (secondary N) is 2. The smallest absolute Gasteiger partial charge is 0.234 e. The SMILES string of the molecule is CCNC(=O)CN1CCNCC1c1ccccc1Cl. The van der Waals surface area contributed by atoms with Crippen LogP contribution in [-0.4, -0.2) is 43.5 Å². The van der Waals surface area contributed by atoms with E-state index in [4.69, 9.17) is 11.6 Å². The molecule has 1 aromatic carbocycles. The van der Waals surface area contributed by atoms with E-state index in [9.17, 15) is 4.79 Å². The monoisotopic (exact) mass is 281 g/mol. The van der Waals surface area contributed by atoms with Crippen LogP contribution in [-0.2, 0) is 4.79 Å². The van der Waals surface area contributed by atoms with Gasteiger partial charge in [-0.2, -0.15) is 0 Å². The average molecular weight is 282 g/mol. The predicted octanol–water partition coefficient (Wildman–Crippen LogP) is 1.42. The molecular formula is C14H20ClN3O. The van der Waals surface area contributed by atoms with Gasteiger partial charge in [-0.15, -0.1) is 0 Å². The first kappa shape index (κ1) is 14.3. The molecule has 1 heterocycles. The lowest BCUT2D eigenvalue weighted by molar-refractivity contribution is -0.122. The van der Waals surface area contributed by atoms with Gasteiger partial charge in [0.15, 0.2) is 0 Å². The number of piperazine rings is 1. The molecule has 0 bridgehead atoms. The zero-order valence-corrected chi connectivity index (χ0v) is 11.9. The van der Waals surface area contributed by atoms with Crippen molar-refractivity contribution >= 4 is 17.5 Å². The summed E-state index contributed by atoms with van der Waals surface area (Å²) in [6.07, 6.45) is 0. The number of carbonyl (C=O) groups excluding carboxylic acids is 1. The van der Waals surface area contributed by atoms with Gasteiger partial charge in [0.2, 0.25) is 5.91 Å². The van der Waals surface area contributed by atoms with E-state index in [1.54, 1.807) is 0 Å². The van der Waals surface area contributed by atoms with Gasteiger partial charge in [0.05, 0.1) is 6.54 Å². The van der Waals surface area contributed by atoms with E-state index in [2.05, 4.69) is 15.5 Å². The minimum absolute atomic E-state index is 0.0708. The number of nitrogens with zero attached hydrogens (tertiary/aromatic N) is 1. The normalized spacial score (nSPS) is 20.2. The molecule has 2 rings (SSSR count). The van der Waals surface area contributed by atoms with Gasteiger partial charge in [0.1, 0.15) is 0 Å². The molecule has 1 aliphatic rings. The third-order valence-corrected chi connectivity index (χ3v) is 3.68. The van der Waals surface area contributed by atoms with Crippen molar-refractivity contribution in [3.8, 4) is 0 Å². The molecule has 2 N–H and O–H groups in total. The lowest BCUT2D eigenvalue weighted by Gasteiger charge is -2.36. The number of likely N-dealkylation sites (N-methyl/N-ethyl adjacent to an activating group) is 1. The molecule has 0 aromatic heterocycles. The summed E-state index contributed by atoms with van der Waals surface area (Å²) in [5, 5.41) is 6.97. The molecule has 5 heteroatoms. The molecule has 0 radical (unpaired) electrons. The summed E-state index contributed by atoms with van der Waals surface area (Å²) in [4.78, 5) is 14.0. The van der Waals surface area contributed by atoms with Crippen LogP contribution in [0.2, 0.25) is 5.02 Å². The number of benzene rings is 1. The average Bonchev–Trinajstić information content (AvgIpc) is 2.40. The molecule has 0 saturated carbocycles. The molecular weight excluding hydrogens is 262 g/mol. The Morgan fingerprint density at radius 2 is 2.32 bits per heavy atom. The summed E-state index contributed by atoms with van der Waals surface area (Å²) in [5.74, 6) is 0.0708. The first-order valence-corrected chi connectivity index (χ1v) is 7.06. The first-order chi connectivity index (χ1) is 9.22. The lowest BCUT2D eigenvalue weighted by atomic mass is 10.0. The Hall–Kier alpha value is -1.10. The fourth-order valence-electron chi connectivity index (χ4n) is 2.43. The summed E-state index contributed by atoms with van der Waals surface area (Å²) < 4.78 is 0. The summed E-state index contributed by atoms with van der Waals surface area (Å²) in [7, 11) is 0. The van der Waals surface area contributed by atoms with E-state index in [-0.39, 0.29) is 11.9 Å². The molecule has 1 saturated heterocycles. The van der Waals surface area contributed by atoms with Crippen molar-refractivity contribution in [3.63, 3.8) is 0 Å². The van der Waals surface area contributed by atoms with Crippen molar-refractivity contribution in [3.05, 3.63) is 34.9 Å². The molecule has 104 valence electrons. The Bertz CT molecular complexity index is 438. The van der Waals surface area contributed by atoms with Crippen molar-refractivity contribution in [1.29, 1.82) is 0 Å².